The van der Waals surface area contributed by atoms with Crippen LogP contribution in [0.25, 0.3) is 22.3 Å². The van der Waals surface area contributed by atoms with Crippen LogP contribution in [0.1, 0.15) is 11.7 Å². The summed E-state index contributed by atoms with van der Waals surface area (Å²) in [6, 6.07) is 10.5. The molecule has 0 saturated carbocycles. The van der Waals surface area contributed by atoms with Gasteiger partial charge in [-0.1, -0.05) is 23.4 Å². The van der Waals surface area contributed by atoms with Gasteiger partial charge in [-0.2, -0.15) is 18.2 Å². The fourth-order valence-electron chi connectivity index (χ4n) is 2.56. The molecule has 0 amide bonds. The SMILES string of the molecule is O=c1ccc2ccccc2n1Cc1ncc(-c2noc(C(F)(F)F)n2)cn1. The minimum atomic E-state index is -4.72. The summed E-state index contributed by atoms with van der Waals surface area (Å²) in [6.07, 6.45) is -2.16. The van der Waals surface area contributed by atoms with E-state index in [1.165, 1.54) is 23.0 Å². The van der Waals surface area contributed by atoms with Crippen molar-refractivity contribution in [2.45, 2.75) is 12.7 Å². The lowest BCUT2D eigenvalue weighted by Gasteiger charge is -2.09. The molecule has 7 nitrogen and oxygen atoms in total. The molecule has 136 valence electrons. The Labute approximate surface area is 149 Å². The number of nitrogens with zero attached hydrogens (tertiary/aromatic N) is 5. The van der Waals surface area contributed by atoms with Crippen molar-refractivity contribution in [3.8, 4) is 11.4 Å². The van der Waals surface area contributed by atoms with Crippen molar-refractivity contribution in [3.05, 3.63) is 70.9 Å². The monoisotopic (exact) mass is 373 g/mol. The molecule has 0 unspecified atom stereocenters. The Balaban J connectivity index is 1.63. The summed E-state index contributed by atoms with van der Waals surface area (Å²) in [5, 5.41) is 4.17. The van der Waals surface area contributed by atoms with Gasteiger partial charge in [-0.05, 0) is 17.5 Å². The summed E-state index contributed by atoms with van der Waals surface area (Å²) in [6.45, 7) is 0.112. The molecule has 0 atom stereocenters. The number of alkyl halides is 3. The first kappa shape index (κ1) is 16.9. The minimum Gasteiger partial charge on any atom is -0.329 e. The van der Waals surface area contributed by atoms with Crippen LogP contribution in [0.15, 0.2) is 58.1 Å². The molecule has 3 heterocycles. The van der Waals surface area contributed by atoms with Crippen LogP contribution < -0.4 is 5.56 Å². The summed E-state index contributed by atoms with van der Waals surface area (Å²) in [7, 11) is 0. The van der Waals surface area contributed by atoms with Gasteiger partial charge in [-0.25, -0.2) is 9.97 Å². The molecule has 4 rings (SSSR count). The lowest BCUT2D eigenvalue weighted by atomic mass is 10.2. The van der Waals surface area contributed by atoms with Gasteiger partial charge in [0.2, 0.25) is 5.82 Å². The summed E-state index contributed by atoms with van der Waals surface area (Å²) in [4.78, 5) is 23.7. The fourth-order valence-corrected chi connectivity index (χ4v) is 2.56. The van der Waals surface area contributed by atoms with Crippen molar-refractivity contribution in [2.75, 3.05) is 0 Å². The molecule has 3 aromatic heterocycles. The first-order valence-corrected chi connectivity index (χ1v) is 7.72. The number of hydrogen-bond acceptors (Lipinski definition) is 6. The van der Waals surface area contributed by atoms with Gasteiger partial charge in [-0.3, -0.25) is 4.79 Å². The van der Waals surface area contributed by atoms with E-state index in [1.54, 1.807) is 6.07 Å². The minimum absolute atomic E-state index is 0.112. The van der Waals surface area contributed by atoms with Gasteiger partial charge in [0.1, 0.15) is 5.82 Å². The topological polar surface area (TPSA) is 86.7 Å². The largest absolute Gasteiger partial charge is 0.471 e. The third kappa shape index (κ3) is 3.28. The average molecular weight is 373 g/mol. The van der Waals surface area contributed by atoms with E-state index in [4.69, 9.17) is 0 Å². The van der Waals surface area contributed by atoms with Gasteiger partial charge in [0, 0.05) is 18.5 Å². The van der Waals surface area contributed by atoms with E-state index in [1.807, 2.05) is 24.3 Å². The first-order chi connectivity index (χ1) is 12.9. The van der Waals surface area contributed by atoms with Crippen molar-refractivity contribution >= 4 is 10.9 Å². The summed E-state index contributed by atoms with van der Waals surface area (Å²) in [5.41, 5.74) is 0.684. The number of hydrogen-bond donors (Lipinski definition) is 0. The Hall–Kier alpha value is -3.56. The molecule has 27 heavy (non-hydrogen) atoms. The quantitative estimate of drug-likeness (QED) is 0.549. The van der Waals surface area contributed by atoms with Gasteiger partial charge < -0.3 is 9.09 Å². The molecule has 0 aliphatic rings. The van der Waals surface area contributed by atoms with Gasteiger partial charge in [-0.15, -0.1) is 0 Å². The predicted molar refractivity (Wildman–Crippen MR) is 87.6 cm³/mol. The average Bonchev–Trinajstić information content (AvgIpc) is 3.15. The first-order valence-electron chi connectivity index (χ1n) is 7.72. The molecule has 0 spiro atoms. The van der Waals surface area contributed by atoms with Crippen LogP contribution in [0.4, 0.5) is 13.2 Å². The van der Waals surface area contributed by atoms with E-state index < -0.39 is 12.1 Å². The zero-order chi connectivity index (χ0) is 19.0. The van der Waals surface area contributed by atoms with Crippen molar-refractivity contribution in [1.82, 2.24) is 24.7 Å². The third-order valence-electron chi connectivity index (χ3n) is 3.83. The van der Waals surface area contributed by atoms with Gasteiger partial charge >= 0.3 is 12.1 Å². The van der Waals surface area contributed by atoms with Gasteiger partial charge in [0.15, 0.2) is 0 Å². The van der Waals surface area contributed by atoms with Crippen LogP contribution in [-0.4, -0.2) is 24.7 Å². The summed E-state index contributed by atoms with van der Waals surface area (Å²) < 4.78 is 43.3. The van der Waals surface area contributed by atoms with Crippen molar-refractivity contribution in [1.29, 1.82) is 0 Å². The predicted octanol–water partition coefficient (Wildman–Crippen LogP) is 2.91. The molecule has 0 saturated heterocycles. The number of benzene rings is 1. The lowest BCUT2D eigenvalue weighted by Crippen LogP contribution is -2.21. The second-order valence-electron chi connectivity index (χ2n) is 5.63. The van der Waals surface area contributed by atoms with Gasteiger partial charge in [0.25, 0.3) is 5.56 Å². The van der Waals surface area contributed by atoms with Crippen molar-refractivity contribution in [2.24, 2.45) is 0 Å². The van der Waals surface area contributed by atoms with Crippen LogP contribution in [0, 0.1) is 0 Å². The molecule has 0 aliphatic carbocycles. The van der Waals surface area contributed by atoms with E-state index in [0.29, 0.717) is 5.82 Å². The number of fused-ring (bicyclic) bond motifs is 1. The van der Waals surface area contributed by atoms with Crippen LogP contribution in [0.2, 0.25) is 0 Å². The van der Waals surface area contributed by atoms with Crippen molar-refractivity contribution in [3.63, 3.8) is 0 Å². The maximum absolute atomic E-state index is 12.5. The molecule has 0 aliphatic heterocycles. The van der Waals surface area contributed by atoms with E-state index >= 15 is 0 Å². The molecule has 10 heteroatoms. The number of rotatable bonds is 3. The molecule has 0 radical (unpaired) electrons. The Kier molecular flexibility index (Phi) is 3.94. The highest BCUT2D eigenvalue weighted by atomic mass is 19.4. The number of pyridine rings is 1. The second kappa shape index (κ2) is 6.31. The molecule has 0 fully saturated rings. The molecule has 1 aromatic carbocycles. The van der Waals surface area contributed by atoms with E-state index in [9.17, 15) is 18.0 Å². The Bertz CT molecular complexity index is 1170. The number of aromatic nitrogens is 5. The normalized spacial score (nSPS) is 11.8. The Morgan fingerprint density at radius 3 is 2.48 bits per heavy atom. The molecule has 0 bridgehead atoms. The van der Waals surface area contributed by atoms with E-state index in [0.717, 1.165) is 10.9 Å². The highest BCUT2D eigenvalue weighted by molar-refractivity contribution is 5.78. The zero-order valence-electron chi connectivity index (χ0n) is 13.5. The number of para-hydroxylation sites is 1. The molecular formula is C17H10F3N5O2. The number of halogens is 3. The van der Waals surface area contributed by atoms with Crippen molar-refractivity contribution < 1.29 is 17.7 Å². The Morgan fingerprint density at radius 2 is 1.78 bits per heavy atom. The van der Waals surface area contributed by atoms with Crippen LogP contribution in [-0.2, 0) is 12.7 Å². The van der Waals surface area contributed by atoms with Crippen LogP contribution in [0.5, 0.6) is 0 Å². The maximum atomic E-state index is 12.5. The lowest BCUT2D eigenvalue weighted by molar-refractivity contribution is -0.159. The van der Waals surface area contributed by atoms with Crippen LogP contribution >= 0.6 is 0 Å². The second-order valence-corrected chi connectivity index (χ2v) is 5.63. The third-order valence-corrected chi connectivity index (χ3v) is 3.83. The highest BCUT2D eigenvalue weighted by Crippen LogP contribution is 2.29. The zero-order valence-corrected chi connectivity index (χ0v) is 13.5. The van der Waals surface area contributed by atoms with Crippen LogP contribution in [0.3, 0.4) is 0 Å². The highest BCUT2D eigenvalue weighted by Gasteiger charge is 2.38. The molecular weight excluding hydrogens is 363 g/mol. The summed E-state index contributed by atoms with van der Waals surface area (Å²) in [5.74, 6) is -1.39. The maximum Gasteiger partial charge on any atom is 0.471 e. The van der Waals surface area contributed by atoms with E-state index in [-0.39, 0.29) is 23.5 Å². The van der Waals surface area contributed by atoms with Gasteiger partial charge in [0.05, 0.1) is 17.6 Å². The Morgan fingerprint density at radius 1 is 1.04 bits per heavy atom. The van der Waals surface area contributed by atoms with E-state index in [2.05, 4.69) is 24.6 Å². The smallest absolute Gasteiger partial charge is 0.329 e. The molecule has 0 N–H and O–H groups in total. The fraction of sp³-hybridized carbons (Fsp3) is 0.118. The molecule has 4 aromatic rings. The summed E-state index contributed by atoms with van der Waals surface area (Å²) >= 11 is 0. The standard InChI is InChI=1S/C17H10F3N5O2/c18-17(19,20)16-23-15(24-27-16)11-7-21-13(22-8-11)9-25-12-4-2-1-3-10(12)5-6-14(25)26/h1-8H,9H2.